The molecule has 116 valence electrons. The molecule has 0 radical (unpaired) electrons. The van der Waals surface area contributed by atoms with Crippen LogP contribution in [-0.4, -0.2) is 15.0 Å². The smallest absolute Gasteiger partial charge is 0.0680 e. The van der Waals surface area contributed by atoms with Gasteiger partial charge in [-0.3, -0.25) is 0 Å². The Kier molecular flexibility index (Phi) is 5.80. The minimum Gasteiger partial charge on any atom is -0.0680 e. The minimum absolute atomic E-state index is 0.239. The first kappa shape index (κ1) is 16.2. The second kappa shape index (κ2) is 8.24. The van der Waals surface area contributed by atoms with Crippen molar-refractivity contribution in [2.75, 3.05) is 6.16 Å². The van der Waals surface area contributed by atoms with E-state index in [0.29, 0.717) is 0 Å². The van der Waals surface area contributed by atoms with Crippen LogP contribution < -0.4 is 15.8 Å². The molecule has 1 unspecified atom stereocenters. The maximum Gasteiger partial charge on any atom is 0.0681 e. The maximum atomic E-state index is 2.48. The summed E-state index contributed by atoms with van der Waals surface area (Å²) in [5.41, 5.74) is 0. The van der Waals surface area contributed by atoms with Crippen LogP contribution in [-0.2, 0) is 0 Å². The average Bonchev–Trinajstić information content (AvgIpc) is 2.64. The molecule has 2 heteroatoms. The molecule has 0 aliphatic heterocycles. The molecular formula is C21H23PSi. The molecule has 23 heavy (non-hydrogen) atoms. The highest BCUT2D eigenvalue weighted by atomic mass is 31.1. The van der Waals surface area contributed by atoms with E-state index in [1.807, 2.05) is 0 Å². The first-order chi connectivity index (χ1) is 11.3. The zero-order valence-corrected chi connectivity index (χ0v) is 15.6. The van der Waals surface area contributed by atoms with Crippen molar-refractivity contribution < 1.29 is 0 Å². The van der Waals surface area contributed by atoms with Crippen LogP contribution in [0.3, 0.4) is 0 Å². The van der Waals surface area contributed by atoms with E-state index in [-0.39, 0.29) is 7.92 Å². The van der Waals surface area contributed by atoms with Gasteiger partial charge in [-0.1, -0.05) is 109 Å². The van der Waals surface area contributed by atoms with Crippen LogP contribution in [0.2, 0.25) is 12.6 Å². The summed E-state index contributed by atoms with van der Waals surface area (Å²) in [6, 6.07) is 34.6. The van der Waals surface area contributed by atoms with Crippen molar-refractivity contribution >= 4 is 32.5 Å². The first-order valence-electron chi connectivity index (χ1n) is 8.27. The molecule has 0 saturated heterocycles. The van der Waals surface area contributed by atoms with Gasteiger partial charge in [0.05, 0.1) is 8.80 Å². The molecule has 0 fully saturated rings. The van der Waals surface area contributed by atoms with Gasteiger partial charge >= 0.3 is 0 Å². The van der Waals surface area contributed by atoms with Crippen LogP contribution in [0.5, 0.6) is 0 Å². The summed E-state index contributed by atoms with van der Waals surface area (Å²) < 4.78 is 0. The fourth-order valence-corrected chi connectivity index (χ4v) is 8.57. The Bertz CT molecular complexity index is 658. The number of hydrogen-bond donors (Lipinski definition) is 0. The van der Waals surface area contributed by atoms with E-state index in [4.69, 9.17) is 0 Å². The van der Waals surface area contributed by atoms with Gasteiger partial charge in [0.15, 0.2) is 0 Å². The molecular weight excluding hydrogens is 311 g/mol. The van der Waals surface area contributed by atoms with Gasteiger partial charge in [0.2, 0.25) is 0 Å². The second-order valence-corrected chi connectivity index (χ2v) is 11.3. The quantitative estimate of drug-likeness (QED) is 0.474. The highest BCUT2D eigenvalue weighted by Crippen LogP contribution is 2.34. The summed E-state index contributed by atoms with van der Waals surface area (Å²) in [7, 11) is -1.09. The van der Waals surface area contributed by atoms with Gasteiger partial charge in [-0.05, 0) is 24.7 Å². The molecule has 3 rings (SSSR count). The summed E-state index contributed by atoms with van der Waals surface area (Å²) in [6.07, 6.45) is 1.30. The molecule has 0 aromatic heterocycles. The SMILES string of the molecule is C[SiH](CCP(c1ccccc1)c1ccccc1)c1ccccc1. The zero-order chi connectivity index (χ0) is 15.9. The highest BCUT2D eigenvalue weighted by Gasteiger charge is 2.16. The van der Waals surface area contributed by atoms with Crippen LogP contribution >= 0.6 is 7.92 Å². The van der Waals surface area contributed by atoms with E-state index < -0.39 is 8.80 Å². The van der Waals surface area contributed by atoms with Crippen molar-refractivity contribution in [2.24, 2.45) is 0 Å². The van der Waals surface area contributed by atoms with Crippen LogP contribution in [0.25, 0.3) is 0 Å². The van der Waals surface area contributed by atoms with Crippen molar-refractivity contribution in [1.29, 1.82) is 0 Å². The zero-order valence-electron chi connectivity index (χ0n) is 13.6. The minimum atomic E-state index is -0.847. The molecule has 0 heterocycles. The molecule has 3 aromatic carbocycles. The Balaban J connectivity index is 1.77. The summed E-state index contributed by atoms with van der Waals surface area (Å²) in [4.78, 5) is 0. The molecule has 0 amide bonds. The van der Waals surface area contributed by atoms with Gasteiger partial charge in [0.25, 0.3) is 0 Å². The van der Waals surface area contributed by atoms with E-state index in [1.165, 1.54) is 22.8 Å². The third kappa shape index (κ3) is 4.40. The molecule has 3 aromatic rings. The summed E-state index contributed by atoms with van der Waals surface area (Å²) >= 11 is 0. The fourth-order valence-electron chi connectivity index (χ4n) is 2.89. The third-order valence-corrected chi connectivity index (χ3v) is 10.0. The van der Waals surface area contributed by atoms with Gasteiger partial charge in [-0.15, -0.1) is 0 Å². The van der Waals surface area contributed by atoms with Crippen LogP contribution in [0.1, 0.15) is 0 Å². The van der Waals surface area contributed by atoms with Crippen LogP contribution in [0.4, 0.5) is 0 Å². The van der Waals surface area contributed by atoms with Crippen LogP contribution in [0, 0.1) is 0 Å². The molecule has 0 nitrogen and oxygen atoms in total. The number of benzene rings is 3. The number of hydrogen-bond acceptors (Lipinski definition) is 0. The van der Waals surface area contributed by atoms with Crippen molar-refractivity contribution in [3.8, 4) is 0 Å². The largest absolute Gasteiger partial charge is 0.0681 e. The lowest BCUT2D eigenvalue weighted by Crippen LogP contribution is -2.28. The van der Waals surface area contributed by atoms with E-state index >= 15 is 0 Å². The van der Waals surface area contributed by atoms with Gasteiger partial charge in [-0.25, -0.2) is 0 Å². The Hall–Kier alpha value is -1.69. The summed E-state index contributed by atoms with van der Waals surface area (Å²) in [5, 5.41) is 4.59. The molecule has 0 bridgehead atoms. The average molecular weight is 334 g/mol. The Morgan fingerprint density at radius 2 is 1.09 bits per heavy atom. The Morgan fingerprint density at radius 1 is 0.652 bits per heavy atom. The first-order valence-corrected chi connectivity index (χ1v) is 12.3. The van der Waals surface area contributed by atoms with Crippen molar-refractivity contribution in [3.63, 3.8) is 0 Å². The summed E-state index contributed by atoms with van der Waals surface area (Å²) in [5.74, 6) is 0. The molecule has 0 aliphatic rings. The van der Waals surface area contributed by atoms with Gasteiger partial charge in [-0.2, -0.15) is 0 Å². The third-order valence-electron chi connectivity index (χ3n) is 4.29. The molecule has 0 saturated carbocycles. The fraction of sp³-hybridized carbons (Fsp3) is 0.143. The lowest BCUT2D eigenvalue weighted by Gasteiger charge is -2.20. The Morgan fingerprint density at radius 3 is 1.57 bits per heavy atom. The summed E-state index contributed by atoms with van der Waals surface area (Å²) in [6.45, 7) is 2.48. The maximum absolute atomic E-state index is 2.48. The molecule has 0 N–H and O–H groups in total. The lowest BCUT2D eigenvalue weighted by atomic mass is 10.4. The second-order valence-electron chi connectivity index (χ2n) is 5.92. The lowest BCUT2D eigenvalue weighted by molar-refractivity contribution is 1.43. The van der Waals surface area contributed by atoms with Crippen molar-refractivity contribution in [3.05, 3.63) is 91.0 Å². The molecule has 0 spiro atoms. The standard InChI is InChI=1S/C21H23PSi/c1-23(21-15-9-4-10-16-21)18-17-22(19-11-5-2-6-12-19)20-13-7-3-8-14-20/h2-16,23H,17-18H2,1H3. The number of rotatable bonds is 6. The molecule has 0 aliphatic carbocycles. The Labute approximate surface area is 142 Å². The van der Waals surface area contributed by atoms with E-state index in [9.17, 15) is 0 Å². The normalized spacial score (nSPS) is 12.3. The van der Waals surface area contributed by atoms with Gasteiger partial charge in [0.1, 0.15) is 0 Å². The van der Waals surface area contributed by atoms with Gasteiger partial charge in [0, 0.05) is 0 Å². The van der Waals surface area contributed by atoms with E-state index in [2.05, 4.69) is 97.5 Å². The predicted octanol–water partition coefficient (Wildman–Crippen LogP) is 3.88. The van der Waals surface area contributed by atoms with E-state index in [0.717, 1.165) is 0 Å². The molecule has 1 atom stereocenters. The van der Waals surface area contributed by atoms with E-state index in [1.54, 1.807) is 5.19 Å². The van der Waals surface area contributed by atoms with Gasteiger partial charge < -0.3 is 0 Å². The predicted molar refractivity (Wildman–Crippen MR) is 108 cm³/mol. The topological polar surface area (TPSA) is 0 Å². The van der Waals surface area contributed by atoms with Crippen molar-refractivity contribution in [1.82, 2.24) is 0 Å². The highest BCUT2D eigenvalue weighted by molar-refractivity contribution is 7.73. The van der Waals surface area contributed by atoms with Crippen molar-refractivity contribution in [2.45, 2.75) is 12.6 Å². The monoisotopic (exact) mass is 334 g/mol. The van der Waals surface area contributed by atoms with Crippen LogP contribution in [0.15, 0.2) is 91.0 Å².